The second-order valence-corrected chi connectivity index (χ2v) is 5.61. The van der Waals surface area contributed by atoms with Crippen LogP contribution in [0.2, 0.25) is 0 Å². The van der Waals surface area contributed by atoms with Crippen LogP contribution >= 0.6 is 0 Å². The molecule has 4 unspecified atom stereocenters. The number of aromatic amines is 1. The number of nitrogens with one attached hydrogen (secondary N) is 2. The van der Waals surface area contributed by atoms with E-state index in [4.69, 9.17) is 10.5 Å². The molecule has 1 saturated heterocycles. The fourth-order valence-electron chi connectivity index (χ4n) is 3.11. The number of aryl methyl sites for hydroxylation is 1. The van der Waals surface area contributed by atoms with Crippen LogP contribution in [0.25, 0.3) is 0 Å². The maximum atomic E-state index is 12.2. The van der Waals surface area contributed by atoms with Gasteiger partial charge < -0.3 is 20.8 Å². The summed E-state index contributed by atoms with van der Waals surface area (Å²) in [6, 6.07) is 1.12. The standard InChI is InChI=1S/C14H19N3O3/c1-7-5-10(18)9(6-16-7)14(19)17-12-11(15)8-3-2-4-20-13(8)12/h5-6,8,11-13H,2-4,15H2,1H3,(H,16,18)(H,17,19). The van der Waals surface area contributed by atoms with E-state index >= 15 is 0 Å². The molecule has 20 heavy (non-hydrogen) atoms. The Hall–Kier alpha value is -1.66. The lowest BCUT2D eigenvalue weighted by molar-refractivity contribution is -0.117. The lowest BCUT2D eigenvalue weighted by atomic mass is 9.68. The van der Waals surface area contributed by atoms with Gasteiger partial charge in [-0.05, 0) is 19.8 Å². The third kappa shape index (κ3) is 2.14. The molecule has 2 heterocycles. The van der Waals surface area contributed by atoms with Crippen LogP contribution in [0.15, 0.2) is 17.1 Å². The Kier molecular flexibility index (Phi) is 3.35. The molecule has 1 aliphatic carbocycles. The van der Waals surface area contributed by atoms with Crippen LogP contribution < -0.4 is 16.5 Å². The predicted octanol–water partition coefficient (Wildman–Crippen LogP) is -0.0822. The Labute approximate surface area is 116 Å². The summed E-state index contributed by atoms with van der Waals surface area (Å²) in [6.07, 6.45) is 3.50. The number of pyridine rings is 1. The topological polar surface area (TPSA) is 97.2 Å². The molecule has 6 nitrogen and oxygen atoms in total. The average molecular weight is 277 g/mol. The highest BCUT2D eigenvalue weighted by Crippen LogP contribution is 2.36. The minimum Gasteiger partial charge on any atom is -0.376 e. The molecule has 6 heteroatoms. The molecule has 0 spiro atoms. The molecular formula is C14H19N3O3. The van der Waals surface area contributed by atoms with Gasteiger partial charge in [-0.25, -0.2) is 0 Å². The largest absolute Gasteiger partial charge is 0.376 e. The average Bonchev–Trinajstić information content (AvgIpc) is 2.44. The van der Waals surface area contributed by atoms with Crippen molar-refractivity contribution in [2.75, 3.05) is 6.61 Å². The molecule has 3 rings (SSSR count). The number of aromatic nitrogens is 1. The maximum absolute atomic E-state index is 12.2. The normalized spacial score (nSPS) is 32.1. The minimum atomic E-state index is -0.390. The Balaban J connectivity index is 1.71. The second kappa shape index (κ2) is 5.03. The number of carbonyl (C=O) groups is 1. The predicted molar refractivity (Wildman–Crippen MR) is 73.5 cm³/mol. The third-order valence-electron chi connectivity index (χ3n) is 4.28. The summed E-state index contributed by atoms with van der Waals surface area (Å²) in [4.78, 5) is 26.8. The SMILES string of the molecule is Cc1cc(=O)c(C(=O)NC2C(N)C3CCCOC32)c[nH]1. The van der Waals surface area contributed by atoms with Crippen LogP contribution in [0, 0.1) is 12.8 Å². The van der Waals surface area contributed by atoms with Crippen LogP contribution in [0.3, 0.4) is 0 Å². The van der Waals surface area contributed by atoms with Gasteiger partial charge in [0.1, 0.15) is 5.56 Å². The summed E-state index contributed by atoms with van der Waals surface area (Å²) in [7, 11) is 0. The number of amides is 1. The van der Waals surface area contributed by atoms with Gasteiger partial charge in [0, 0.05) is 36.5 Å². The van der Waals surface area contributed by atoms with Crippen LogP contribution in [-0.2, 0) is 4.74 Å². The van der Waals surface area contributed by atoms with Gasteiger partial charge >= 0.3 is 0 Å². The van der Waals surface area contributed by atoms with Gasteiger partial charge in [-0.3, -0.25) is 9.59 Å². The first-order valence-electron chi connectivity index (χ1n) is 6.95. The lowest BCUT2D eigenvalue weighted by Crippen LogP contribution is -2.72. The van der Waals surface area contributed by atoms with Gasteiger partial charge in [0.2, 0.25) is 0 Å². The summed E-state index contributed by atoms with van der Waals surface area (Å²) in [5, 5.41) is 2.83. The van der Waals surface area contributed by atoms with Crippen LogP contribution in [0.1, 0.15) is 28.9 Å². The number of nitrogens with two attached hydrogens (primary N) is 1. The molecule has 2 fully saturated rings. The molecule has 0 aromatic carbocycles. The van der Waals surface area contributed by atoms with Crippen molar-refractivity contribution in [2.24, 2.45) is 11.7 Å². The van der Waals surface area contributed by atoms with Gasteiger partial charge in [-0.2, -0.15) is 0 Å². The van der Waals surface area contributed by atoms with Crippen molar-refractivity contribution >= 4 is 5.91 Å². The second-order valence-electron chi connectivity index (χ2n) is 5.61. The first-order valence-corrected chi connectivity index (χ1v) is 6.95. The summed E-state index contributed by atoms with van der Waals surface area (Å²) in [6.45, 7) is 2.48. The number of H-pyrrole nitrogens is 1. The van der Waals surface area contributed by atoms with E-state index in [1.807, 2.05) is 0 Å². The van der Waals surface area contributed by atoms with Crippen molar-refractivity contribution < 1.29 is 9.53 Å². The Bertz CT molecular complexity index is 583. The molecule has 1 aromatic rings. The fourth-order valence-corrected chi connectivity index (χ4v) is 3.11. The molecule has 1 aromatic heterocycles. The first-order chi connectivity index (χ1) is 9.58. The number of carbonyl (C=O) groups excluding carboxylic acids is 1. The van der Waals surface area contributed by atoms with Crippen LogP contribution in [0.4, 0.5) is 0 Å². The smallest absolute Gasteiger partial charge is 0.257 e. The van der Waals surface area contributed by atoms with Gasteiger partial charge in [-0.15, -0.1) is 0 Å². The number of hydrogen-bond donors (Lipinski definition) is 3. The van der Waals surface area contributed by atoms with Crippen molar-refractivity contribution in [3.63, 3.8) is 0 Å². The van der Waals surface area contributed by atoms with Gasteiger partial charge in [-0.1, -0.05) is 0 Å². The Morgan fingerprint density at radius 3 is 3.10 bits per heavy atom. The zero-order chi connectivity index (χ0) is 14.3. The molecule has 1 amide bonds. The lowest BCUT2D eigenvalue weighted by Gasteiger charge is -2.52. The summed E-state index contributed by atoms with van der Waals surface area (Å²) in [5.74, 6) is -0.0651. The molecule has 0 bridgehead atoms. The summed E-state index contributed by atoms with van der Waals surface area (Å²) >= 11 is 0. The van der Waals surface area contributed by atoms with E-state index in [1.165, 1.54) is 12.3 Å². The highest BCUT2D eigenvalue weighted by atomic mass is 16.5. The number of fused-ring (bicyclic) bond motifs is 1. The fraction of sp³-hybridized carbons (Fsp3) is 0.571. The molecule has 108 valence electrons. The quantitative estimate of drug-likeness (QED) is 0.704. The van der Waals surface area contributed by atoms with Crippen molar-refractivity contribution in [1.29, 1.82) is 0 Å². The molecule has 4 N–H and O–H groups in total. The molecule has 4 atom stereocenters. The van der Waals surface area contributed by atoms with Crippen molar-refractivity contribution in [1.82, 2.24) is 10.3 Å². The molecule has 0 radical (unpaired) electrons. The van der Waals surface area contributed by atoms with Gasteiger partial charge in [0.05, 0.1) is 12.1 Å². The Morgan fingerprint density at radius 2 is 2.35 bits per heavy atom. The summed E-state index contributed by atoms with van der Waals surface area (Å²) in [5.41, 5.74) is 6.64. The third-order valence-corrected chi connectivity index (χ3v) is 4.28. The van der Waals surface area contributed by atoms with Crippen molar-refractivity contribution in [3.8, 4) is 0 Å². The van der Waals surface area contributed by atoms with E-state index < -0.39 is 0 Å². The maximum Gasteiger partial charge on any atom is 0.257 e. The molecule has 1 saturated carbocycles. The highest BCUT2D eigenvalue weighted by Gasteiger charge is 2.51. The van der Waals surface area contributed by atoms with Crippen LogP contribution in [0.5, 0.6) is 0 Å². The minimum absolute atomic E-state index is 0.00719. The van der Waals surface area contributed by atoms with E-state index in [-0.39, 0.29) is 35.1 Å². The van der Waals surface area contributed by atoms with Gasteiger partial charge in [0.25, 0.3) is 5.91 Å². The number of rotatable bonds is 2. The zero-order valence-corrected chi connectivity index (χ0v) is 11.4. The molecule has 2 aliphatic rings. The zero-order valence-electron chi connectivity index (χ0n) is 11.4. The van der Waals surface area contributed by atoms with E-state index in [2.05, 4.69) is 10.3 Å². The van der Waals surface area contributed by atoms with E-state index in [0.717, 1.165) is 18.5 Å². The van der Waals surface area contributed by atoms with Gasteiger partial charge in [0.15, 0.2) is 5.43 Å². The Morgan fingerprint density at radius 1 is 1.55 bits per heavy atom. The molecular weight excluding hydrogens is 258 g/mol. The highest BCUT2D eigenvalue weighted by molar-refractivity contribution is 5.94. The van der Waals surface area contributed by atoms with Crippen LogP contribution in [-0.4, -0.2) is 35.7 Å². The van der Waals surface area contributed by atoms with Crippen molar-refractivity contribution in [3.05, 3.63) is 33.7 Å². The summed E-state index contributed by atoms with van der Waals surface area (Å²) < 4.78 is 5.67. The number of hydrogen-bond acceptors (Lipinski definition) is 4. The molecule has 1 aliphatic heterocycles. The van der Waals surface area contributed by atoms with E-state index in [0.29, 0.717) is 12.5 Å². The monoisotopic (exact) mass is 277 g/mol. The van der Waals surface area contributed by atoms with Crippen molar-refractivity contribution in [2.45, 2.75) is 38.0 Å². The number of ether oxygens (including phenoxy) is 1. The van der Waals surface area contributed by atoms with E-state index in [9.17, 15) is 9.59 Å². The van der Waals surface area contributed by atoms with E-state index in [1.54, 1.807) is 6.92 Å². The first kappa shape index (κ1) is 13.3.